The fourth-order valence-corrected chi connectivity index (χ4v) is 4.33. The van der Waals surface area contributed by atoms with Crippen LogP contribution >= 0.6 is 24.6 Å². The Bertz CT molecular complexity index is 1010. The Morgan fingerprint density at radius 3 is 2.46 bits per heavy atom. The highest BCUT2D eigenvalue weighted by Crippen LogP contribution is 2.29. The maximum Gasteiger partial charge on any atom is 0.415 e. The molecule has 2 heterocycles. The number of aliphatic hydroxyl groups excluding tert-OH is 1. The molecule has 0 saturated carbocycles. The summed E-state index contributed by atoms with van der Waals surface area (Å²) in [5, 5.41) is 13.5. The number of carbonyl (C=O) groups excluding carboxylic acids is 1. The van der Waals surface area contributed by atoms with Gasteiger partial charge in [-0.2, -0.15) is 17.6 Å². The number of terminal acetylenes is 1. The second kappa shape index (κ2) is 16.1. The molecule has 11 heteroatoms. The molecule has 1 aromatic heterocycles. The van der Waals surface area contributed by atoms with Crippen molar-refractivity contribution in [2.75, 3.05) is 59.8 Å². The zero-order valence-electron chi connectivity index (χ0n) is 22.1. The number of nitrogens with one attached hydrogen (secondary N) is 1. The second-order valence-electron chi connectivity index (χ2n) is 8.12. The number of carbonyl (C=O) groups is 1. The van der Waals surface area contributed by atoms with E-state index in [0.29, 0.717) is 29.6 Å². The topological polar surface area (TPSA) is 94.1 Å². The van der Waals surface area contributed by atoms with Gasteiger partial charge in [0.2, 0.25) is 5.95 Å². The van der Waals surface area contributed by atoms with E-state index in [1.165, 1.54) is 11.9 Å². The lowest BCUT2D eigenvalue weighted by atomic mass is 10.1. The molecule has 1 aromatic carbocycles. The second-order valence-corrected chi connectivity index (χ2v) is 8.85. The van der Waals surface area contributed by atoms with E-state index in [2.05, 4.69) is 29.0 Å². The number of nitrogens with zero attached hydrogens (tertiary/aromatic N) is 5. The Morgan fingerprint density at radius 2 is 1.92 bits per heavy atom. The van der Waals surface area contributed by atoms with Gasteiger partial charge in [0.15, 0.2) is 5.82 Å². The van der Waals surface area contributed by atoms with Crippen LogP contribution in [0, 0.1) is 12.5 Å². The van der Waals surface area contributed by atoms with E-state index in [4.69, 9.17) is 16.1 Å². The Kier molecular flexibility index (Phi) is 13.3. The van der Waals surface area contributed by atoms with Gasteiger partial charge >= 0.3 is 6.09 Å². The fourth-order valence-electron chi connectivity index (χ4n) is 3.90. The van der Waals surface area contributed by atoms with Crippen LogP contribution in [0.2, 0.25) is 0 Å². The Labute approximate surface area is 230 Å². The number of benzene rings is 1. The number of aromatic nitrogens is 2. The third-order valence-corrected chi connectivity index (χ3v) is 6.52. The monoisotopic (exact) mass is 546 g/mol. The van der Waals surface area contributed by atoms with Crippen molar-refractivity contribution in [2.24, 2.45) is 0 Å². The summed E-state index contributed by atoms with van der Waals surface area (Å²) in [6.07, 6.45) is 13.2. The lowest BCUT2D eigenvalue weighted by molar-refractivity contribution is 0.163. The molecule has 0 spiro atoms. The van der Waals surface area contributed by atoms with Crippen molar-refractivity contribution in [3.05, 3.63) is 36.0 Å². The molecule has 0 aliphatic carbocycles. The molecular formula is C26H38N6O3S2. The standard InChI is InChI=1S/C25H34N6O3S.CH4S/c1-5-29(6-2)24-26-17-22(31(7-3)35-4)23(28-24)27-20(18-32)16-19-10-12-21(13-11-19)34-25(33)30-14-8-9-15-30;1-2/h3,10-13,17,20,32H,5-6,8-9,14-16,18H2,1-2,4H3,(H,26,27,28);2H,1H3. The molecule has 1 aliphatic heterocycles. The van der Waals surface area contributed by atoms with E-state index in [9.17, 15) is 9.90 Å². The Hall–Kier alpha value is -2.81. The predicted molar refractivity (Wildman–Crippen MR) is 157 cm³/mol. The highest BCUT2D eigenvalue weighted by molar-refractivity contribution is 8.00. The lowest BCUT2D eigenvalue weighted by Gasteiger charge is -2.25. The minimum atomic E-state index is -0.312. The van der Waals surface area contributed by atoms with Gasteiger partial charge in [0.05, 0.1) is 18.8 Å². The summed E-state index contributed by atoms with van der Waals surface area (Å²) < 4.78 is 7.12. The first kappa shape index (κ1) is 30.4. The molecule has 9 nitrogen and oxygen atoms in total. The van der Waals surface area contributed by atoms with Crippen molar-refractivity contribution in [1.82, 2.24) is 14.9 Å². The molecule has 2 aromatic rings. The normalized spacial score (nSPS) is 13.2. The van der Waals surface area contributed by atoms with Crippen LogP contribution in [0.5, 0.6) is 5.75 Å². The van der Waals surface area contributed by atoms with Crippen molar-refractivity contribution >= 4 is 48.1 Å². The van der Waals surface area contributed by atoms with Gasteiger partial charge in [0.1, 0.15) is 11.4 Å². The zero-order chi connectivity index (χ0) is 27.2. The maximum atomic E-state index is 12.2. The van der Waals surface area contributed by atoms with Gasteiger partial charge < -0.3 is 25.0 Å². The van der Waals surface area contributed by atoms with Crippen molar-refractivity contribution in [1.29, 1.82) is 0 Å². The molecule has 202 valence electrons. The number of likely N-dealkylation sites (tertiary alicyclic amines) is 1. The van der Waals surface area contributed by atoms with Crippen LogP contribution in [0.1, 0.15) is 32.3 Å². The molecule has 37 heavy (non-hydrogen) atoms. The molecule has 1 aliphatic rings. The first-order valence-electron chi connectivity index (χ1n) is 12.3. The Morgan fingerprint density at radius 1 is 1.27 bits per heavy atom. The molecular weight excluding hydrogens is 508 g/mol. The molecule has 1 unspecified atom stereocenters. The predicted octanol–water partition coefficient (Wildman–Crippen LogP) is 4.15. The largest absolute Gasteiger partial charge is 0.415 e. The quantitative estimate of drug-likeness (QED) is 0.166. The van der Waals surface area contributed by atoms with Crippen LogP contribution in [0.15, 0.2) is 30.5 Å². The summed E-state index contributed by atoms with van der Waals surface area (Å²) in [6.45, 7) is 7.03. The number of hydrogen-bond acceptors (Lipinski definition) is 10. The third-order valence-electron chi connectivity index (χ3n) is 5.86. The summed E-state index contributed by atoms with van der Waals surface area (Å²) in [5.41, 5.74) is 1.63. The van der Waals surface area contributed by atoms with E-state index in [0.717, 1.165) is 44.6 Å². The van der Waals surface area contributed by atoms with E-state index >= 15 is 0 Å². The van der Waals surface area contributed by atoms with Crippen LogP contribution in [0.25, 0.3) is 0 Å². The van der Waals surface area contributed by atoms with Gasteiger partial charge in [0.25, 0.3) is 0 Å². The first-order valence-corrected chi connectivity index (χ1v) is 14.4. The van der Waals surface area contributed by atoms with E-state index in [-0.39, 0.29) is 18.7 Å². The molecule has 2 N–H and O–H groups in total. The Balaban J connectivity index is 0.00000235. The van der Waals surface area contributed by atoms with Gasteiger partial charge in [-0.25, -0.2) is 14.1 Å². The maximum absolute atomic E-state index is 12.2. The number of hydrogen-bond donors (Lipinski definition) is 3. The number of rotatable bonds is 11. The molecule has 0 radical (unpaired) electrons. The van der Waals surface area contributed by atoms with Crippen molar-refractivity contribution in [2.45, 2.75) is 39.2 Å². The van der Waals surface area contributed by atoms with Gasteiger partial charge in [-0.15, -0.1) is 0 Å². The molecule has 1 fully saturated rings. The van der Waals surface area contributed by atoms with E-state index in [1.54, 1.807) is 33.8 Å². The molecule has 1 saturated heterocycles. The van der Waals surface area contributed by atoms with Gasteiger partial charge in [-0.3, -0.25) is 0 Å². The fraction of sp³-hybridized carbons (Fsp3) is 0.500. The summed E-state index contributed by atoms with van der Waals surface area (Å²) in [7, 11) is 0. The lowest BCUT2D eigenvalue weighted by Crippen LogP contribution is -2.30. The molecule has 1 atom stereocenters. The number of amides is 1. The summed E-state index contributed by atoms with van der Waals surface area (Å²) >= 11 is 4.90. The van der Waals surface area contributed by atoms with E-state index in [1.807, 2.05) is 37.1 Å². The average molecular weight is 547 g/mol. The molecule has 0 bridgehead atoms. The van der Waals surface area contributed by atoms with E-state index < -0.39 is 0 Å². The van der Waals surface area contributed by atoms with Crippen molar-refractivity contribution < 1.29 is 14.6 Å². The molecule has 1 amide bonds. The highest BCUT2D eigenvalue weighted by atomic mass is 32.2. The van der Waals surface area contributed by atoms with Gasteiger partial charge in [0, 0.05) is 38.5 Å². The van der Waals surface area contributed by atoms with Crippen LogP contribution in [-0.2, 0) is 6.42 Å². The van der Waals surface area contributed by atoms with Crippen molar-refractivity contribution in [3.8, 4) is 18.2 Å². The van der Waals surface area contributed by atoms with Crippen LogP contribution in [-0.4, -0.2) is 77.4 Å². The summed E-state index contributed by atoms with van der Waals surface area (Å²) in [5.74, 6) is 1.66. The SMILES string of the molecule is C#CN(SC)c1cnc(N(CC)CC)nc1NC(CO)Cc1ccc(OC(=O)N2CCCC2)cc1.CS. The summed E-state index contributed by atoms with van der Waals surface area (Å²) in [4.78, 5) is 25.2. The van der Waals surface area contributed by atoms with Crippen LogP contribution in [0.3, 0.4) is 0 Å². The minimum Gasteiger partial charge on any atom is -0.410 e. The number of thiol groups is 1. The van der Waals surface area contributed by atoms with Crippen molar-refractivity contribution in [3.63, 3.8) is 0 Å². The number of ether oxygens (including phenoxy) is 1. The number of anilines is 3. The third kappa shape index (κ3) is 8.62. The average Bonchev–Trinajstić information content (AvgIpc) is 3.48. The highest BCUT2D eigenvalue weighted by Gasteiger charge is 2.21. The van der Waals surface area contributed by atoms with Crippen LogP contribution < -0.4 is 19.3 Å². The van der Waals surface area contributed by atoms with Gasteiger partial charge in [-0.1, -0.05) is 18.6 Å². The molecule has 3 rings (SSSR count). The first-order chi connectivity index (χ1) is 18.0. The minimum absolute atomic E-state index is 0.106. The smallest absolute Gasteiger partial charge is 0.410 e. The van der Waals surface area contributed by atoms with Crippen LogP contribution in [0.4, 0.5) is 22.2 Å². The summed E-state index contributed by atoms with van der Waals surface area (Å²) in [6, 6.07) is 9.66. The number of aliphatic hydroxyl groups is 1. The van der Waals surface area contributed by atoms with Gasteiger partial charge in [-0.05, 0) is 69.0 Å². The zero-order valence-corrected chi connectivity index (χ0v) is 23.8.